The summed E-state index contributed by atoms with van der Waals surface area (Å²) in [6.07, 6.45) is 0.881. The Kier molecular flexibility index (Phi) is 4.44. The topological polar surface area (TPSA) is 93.4 Å². The largest absolute Gasteiger partial charge is 0.494 e. The van der Waals surface area contributed by atoms with Crippen molar-refractivity contribution < 1.29 is 14.3 Å². The van der Waals surface area contributed by atoms with E-state index >= 15 is 0 Å². The third-order valence-electron chi connectivity index (χ3n) is 4.09. The first-order chi connectivity index (χ1) is 11.5. The zero-order valence-corrected chi connectivity index (χ0v) is 14.3. The van der Waals surface area contributed by atoms with Crippen molar-refractivity contribution in [3.63, 3.8) is 0 Å². The Morgan fingerprint density at radius 3 is 2.71 bits per heavy atom. The molecular weight excluding hydrogens is 326 g/mol. The molecule has 1 aromatic heterocycles. The summed E-state index contributed by atoms with van der Waals surface area (Å²) in [7, 11) is 1.49. The molecule has 0 spiro atoms. The summed E-state index contributed by atoms with van der Waals surface area (Å²) in [5.74, 6) is 0.776. The van der Waals surface area contributed by atoms with Crippen LogP contribution in [0.25, 0.3) is 0 Å². The number of anilines is 2. The van der Waals surface area contributed by atoms with E-state index in [0.29, 0.717) is 23.0 Å². The van der Waals surface area contributed by atoms with Crippen molar-refractivity contribution >= 4 is 34.6 Å². The monoisotopic (exact) mass is 345 g/mol. The van der Waals surface area contributed by atoms with Crippen LogP contribution < -0.4 is 21.1 Å². The fraction of sp³-hybridized carbons (Fsp3) is 0.294. The van der Waals surface area contributed by atoms with Gasteiger partial charge in [-0.2, -0.15) is 0 Å². The van der Waals surface area contributed by atoms with Crippen LogP contribution in [0, 0.1) is 12.8 Å². The number of amides is 3. The summed E-state index contributed by atoms with van der Waals surface area (Å²) >= 11 is 1.71. The molecule has 0 bridgehead atoms. The molecule has 0 aliphatic heterocycles. The molecule has 0 unspecified atom stereocenters. The second-order valence-electron chi connectivity index (χ2n) is 5.81. The molecule has 1 aromatic carbocycles. The standard InChI is InChI=1S/C17H19N3O3S/c1-9-5-6-24-15(9)11-8-12(11)16(21)19-10-3-4-13(20-17(18)22)14(7-10)23-2/h3-7,11-12H,8H2,1-2H3,(H,19,21)(H3,18,20,22)/t11-,12-/m0/s1. The van der Waals surface area contributed by atoms with Crippen LogP contribution in [0.5, 0.6) is 5.75 Å². The van der Waals surface area contributed by atoms with E-state index in [0.717, 1.165) is 6.42 Å². The van der Waals surface area contributed by atoms with Crippen LogP contribution in [-0.2, 0) is 4.79 Å². The van der Waals surface area contributed by atoms with Crippen molar-refractivity contribution in [2.45, 2.75) is 19.3 Å². The Hall–Kier alpha value is -2.54. The fourth-order valence-corrected chi connectivity index (χ4v) is 3.89. The summed E-state index contributed by atoms with van der Waals surface area (Å²) in [6, 6.07) is 6.43. The lowest BCUT2D eigenvalue weighted by Crippen LogP contribution is -2.20. The highest BCUT2D eigenvalue weighted by Crippen LogP contribution is 2.50. The second-order valence-corrected chi connectivity index (χ2v) is 6.76. The normalized spacial score (nSPS) is 18.8. The van der Waals surface area contributed by atoms with Crippen molar-refractivity contribution in [3.8, 4) is 5.75 Å². The van der Waals surface area contributed by atoms with Gasteiger partial charge in [-0.1, -0.05) is 0 Å². The number of thiophene rings is 1. The molecule has 6 nitrogen and oxygen atoms in total. The van der Waals surface area contributed by atoms with Crippen molar-refractivity contribution in [1.82, 2.24) is 0 Å². The van der Waals surface area contributed by atoms with Gasteiger partial charge >= 0.3 is 6.03 Å². The van der Waals surface area contributed by atoms with E-state index in [1.54, 1.807) is 29.5 Å². The Morgan fingerprint density at radius 1 is 1.29 bits per heavy atom. The van der Waals surface area contributed by atoms with Crippen LogP contribution >= 0.6 is 11.3 Å². The van der Waals surface area contributed by atoms with Crippen molar-refractivity contribution in [2.24, 2.45) is 11.7 Å². The number of nitrogens with one attached hydrogen (secondary N) is 2. The Balaban J connectivity index is 1.67. The molecule has 7 heteroatoms. The van der Waals surface area contributed by atoms with Gasteiger partial charge < -0.3 is 21.1 Å². The zero-order chi connectivity index (χ0) is 17.3. The van der Waals surface area contributed by atoms with Crippen LogP contribution in [-0.4, -0.2) is 19.0 Å². The molecule has 0 radical (unpaired) electrons. The number of aryl methyl sites for hydroxylation is 1. The number of hydrogen-bond donors (Lipinski definition) is 3. The summed E-state index contributed by atoms with van der Waals surface area (Å²) < 4.78 is 5.22. The van der Waals surface area contributed by atoms with E-state index in [2.05, 4.69) is 29.0 Å². The Labute approximate surface area is 144 Å². The molecule has 1 aliphatic carbocycles. The summed E-state index contributed by atoms with van der Waals surface area (Å²) in [4.78, 5) is 24.7. The fourth-order valence-electron chi connectivity index (χ4n) is 2.78. The van der Waals surface area contributed by atoms with Gasteiger partial charge in [0.05, 0.1) is 12.8 Å². The van der Waals surface area contributed by atoms with Gasteiger partial charge in [-0.3, -0.25) is 4.79 Å². The van der Waals surface area contributed by atoms with E-state index in [1.807, 2.05) is 0 Å². The van der Waals surface area contributed by atoms with E-state index in [-0.39, 0.29) is 11.8 Å². The maximum Gasteiger partial charge on any atom is 0.316 e. The number of urea groups is 1. The molecular formula is C17H19N3O3S. The minimum Gasteiger partial charge on any atom is -0.494 e. The third-order valence-corrected chi connectivity index (χ3v) is 5.24. The Morgan fingerprint density at radius 2 is 2.08 bits per heavy atom. The van der Waals surface area contributed by atoms with Gasteiger partial charge in [0.2, 0.25) is 5.91 Å². The maximum absolute atomic E-state index is 12.4. The highest BCUT2D eigenvalue weighted by molar-refractivity contribution is 7.10. The minimum absolute atomic E-state index is 0.00506. The van der Waals surface area contributed by atoms with E-state index in [9.17, 15) is 9.59 Å². The van der Waals surface area contributed by atoms with E-state index in [4.69, 9.17) is 10.5 Å². The molecule has 1 aliphatic rings. The first-order valence-corrected chi connectivity index (χ1v) is 8.47. The van der Waals surface area contributed by atoms with Crippen molar-refractivity contribution in [2.75, 3.05) is 17.7 Å². The second kappa shape index (κ2) is 6.52. The summed E-state index contributed by atoms with van der Waals surface area (Å²) in [5, 5.41) is 7.45. The van der Waals surface area contributed by atoms with Crippen molar-refractivity contribution in [1.29, 1.82) is 0 Å². The van der Waals surface area contributed by atoms with Gasteiger partial charge in [0, 0.05) is 28.5 Å². The molecule has 4 N–H and O–H groups in total. The number of nitrogens with two attached hydrogens (primary N) is 1. The van der Waals surface area contributed by atoms with Crippen LogP contribution in [0.4, 0.5) is 16.2 Å². The lowest BCUT2D eigenvalue weighted by molar-refractivity contribution is -0.117. The summed E-state index contributed by atoms with van der Waals surface area (Å²) in [6.45, 7) is 2.08. The number of ether oxygens (including phenoxy) is 1. The minimum atomic E-state index is -0.669. The molecule has 2 aromatic rings. The maximum atomic E-state index is 12.4. The first-order valence-electron chi connectivity index (χ1n) is 7.59. The van der Waals surface area contributed by atoms with Gasteiger partial charge in [-0.05, 0) is 42.5 Å². The van der Waals surface area contributed by atoms with Gasteiger partial charge in [-0.25, -0.2) is 4.79 Å². The Bertz CT molecular complexity index is 787. The van der Waals surface area contributed by atoms with E-state index < -0.39 is 6.03 Å². The summed E-state index contributed by atoms with van der Waals surface area (Å²) in [5.41, 5.74) is 7.45. The molecule has 1 fully saturated rings. The number of carbonyl (C=O) groups excluding carboxylic acids is 2. The highest BCUT2D eigenvalue weighted by atomic mass is 32.1. The molecule has 1 heterocycles. The zero-order valence-electron chi connectivity index (χ0n) is 13.5. The molecule has 2 atom stereocenters. The molecule has 0 saturated heterocycles. The first kappa shape index (κ1) is 16.3. The van der Waals surface area contributed by atoms with Crippen LogP contribution in [0.2, 0.25) is 0 Å². The van der Waals surface area contributed by atoms with Crippen molar-refractivity contribution in [3.05, 3.63) is 40.1 Å². The molecule has 24 heavy (non-hydrogen) atoms. The van der Waals surface area contributed by atoms with Crippen LogP contribution in [0.1, 0.15) is 22.8 Å². The number of benzene rings is 1. The van der Waals surface area contributed by atoms with Gasteiger partial charge in [0.15, 0.2) is 0 Å². The average molecular weight is 345 g/mol. The number of rotatable bonds is 5. The molecule has 126 valence electrons. The van der Waals surface area contributed by atoms with Gasteiger partial charge in [0.1, 0.15) is 5.75 Å². The van der Waals surface area contributed by atoms with E-state index in [1.165, 1.54) is 17.6 Å². The third kappa shape index (κ3) is 3.35. The lowest BCUT2D eigenvalue weighted by atomic mass is 10.2. The number of carbonyl (C=O) groups is 2. The predicted octanol–water partition coefficient (Wildman–Crippen LogP) is 3.30. The van der Waals surface area contributed by atoms with Crippen LogP contribution in [0.3, 0.4) is 0 Å². The molecule has 3 amide bonds. The smallest absolute Gasteiger partial charge is 0.316 e. The average Bonchev–Trinajstić information content (AvgIpc) is 3.22. The number of hydrogen-bond acceptors (Lipinski definition) is 4. The van der Waals surface area contributed by atoms with Crippen LogP contribution in [0.15, 0.2) is 29.6 Å². The SMILES string of the molecule is COc1cc(NC(=O)[C@H]2C[C@@H]2c2sccc2C)ccc1NC(N)=O. The number of methoxy groups -OCH3 is 1. The predicted molar refractivity (Wildman–Crippen MR) is 94.7 cm³/mol. The lowest BCUT2D eigenvalue weighted by Gasteiger charge is -2.11. The molecule has 3 rings (SSSR count). The molecule has 1 saturated carbocycles. The van der Waals surface area contributed by atoms with Gasteiger partial charge in [0.25, 0.3) is 0 Å². The highest BCUT2D eigenvalue weighted by Gasteiger charge is 2.45. The quantitative estimate of drug-likeness (QED) is 0.776. The van der Waals surface area contributed by atoms with Gasteiger partial charge in [-0.15, -0.1) is 11.3 Å². The number of primary amides is 1.